The number of amides is 1. The summed E-state index contributed by atoms with van der Waals surface area (Å²) < 4.78 is 10.5. The second-order valence-electron chi connectivity index (χ2n) is 7.33. The fourth-order valence-electron chi connectivity index (χ4n) is 3.32. The minimum absolute atomic E-state index is 0.0945. The molecule has 1 aromatic heterocycles. The number of aromatic nitrogens is 1. The summed E-state index contributed by atoms with van der Waals surface area (Å²) in [6.45, 7) is 4.12. The lowest BCUT2D eigenvalue weighted by Crippen LogP contribution is -2.44. The van der Waals surface area contributed by atoms with Gasteiger partial charge in [-0.15, -0.1) is 0 Å². The van der Waals surface area contributed by atoms with E-state index in [0.29, 0.717) is 17.9 Å². The van der Waals surface area contributed by atoms with Crippen LogP contribution in [0.1, 0.15) is 43.0 Å². The predicted octanol–water partition coefficient (Wildman–Crippen LogP) is 3.20. The first kappa shape index (κ1) is 21.6. The van der Waals surface area contributed by atoms with E-state index < -0.39 is 0 Å². The van der Waals surface area contributed by atoms with Crippen LogP contribution in [0.3, 0.4) is 0 Å². The molecule has 2 aromatic rings. The lowest BCUT2D eigenvalue weighted by Gasteiger charge is -2.33. The van der Waals surface area contributed by atoms with Crippen molar-refractivity contribution in [3.63, 3.8) is 0 Å². The van der Waals surface area contributed by atoms with Crippen molar-refractivity contribution < 1.29 is 19.1 Å². The van der Waals surface area contributed by atoms with Crippen molar-refractivity contribution in [2.75, 3.05) is 31.2 Å². The molecule has 2 heterocycles. The number of hydrogen-bond acceptors (Lipinski definition) is 6. The van der Waals surface area contributed by atoms with Gasteiger partial charge in [0.1, 0.15) is 5.75 Å². The van der Waals surface area contributed by atoms with Gasteiger partial charge in [-0.2, -0.15) is 0 Å². The highest BCUT2D eigenvalue weighted by atomic mass is 16.6. The van der Waals surface area contributed by atoms with Crippen molar-refractivity contribution >= 4 is 17.6 Å². The average molecular weight is 412 g/mol. The summed E-state index contributed by atoms with van der Waals surface area (Å²) in [5, 5.41) is 3.11. The molecule has 0 atom stereocenters. The number of anilines is 1. The molecule has 1 aliphatic rings. The Bertz CT molecular complexity index is 803. The number of benzene rings is 1. The van der Waals surface area contributed by atoms with Gasteiger partial charge in [0.25, 0.3) is 5.91 Å². The fourth-order valence-corrected chi connectivity index (χ4v) is 3.32. The van der Waals surface area contributed by atoms with E-state index in [1.807, 2.05) is 19.1 Å². The monoisotopic (exact) mass is 411 g/mol. The number of hydrogen-bond donors (Lipinski definition) is 1. The van der Waals surface area contributed by atoms with Gasteiger partial charge in [-0.25, -0.2) is 4.79 Å². The van der Waals surface area contributed by atoms with Gasteiger partial charge in [0.2, 0.25) is 0 Å². The molecule has 1 fully saturated rings. The van der Waals surface area contributed by atoms with Gasteiger partial charge in [0.15, 0.2) is 6.61 Å². The van der Waals surface area contributed by atoms with Crippen molar-refractivity contribution in [2.24, 2.45) is 0 Å². The first-order valence-electron chi connectivity index (χ1n) is 10.5. The zero-order chi connectivity index (χ0) is 21.2. The first-order valence-corrected chi connectivity index (χ1v) is 10.5. The predicted molar refractivity (Wildman–Crippen MR) is 115 cm³/mol. The minimum atomic E-state index is -0.386. The maximum absolute atomic E-state index is 12.5. The van der Waals surface area contributed by atoms with Crippen molar-refractivity contribution in [3.05, 3.63) is 54.4 Å². The van der Waals surface area contributed by atoms with E-state index in [0.717, 1.165) is 38.8 Å². The smallest absolute Gasteiger partial charge is 0.344 e. The van der Waals surface area contributed by atoms with Crippen LogP contribution in [0, 0.1) is 0 Å². The third-order valence-corrected chi connectivity index (χ3v) is 5.09. The van der Waals surface area contributed by atoms with Crippen molar-refractivity contribution in [3.8, 4) is 5.75 Å². The molecule has 0 radical (unpaired) electrons. The molecule has 160 valence electrons. The summed E-state index contributed by atoms with van der Waals surface area (Å²) >= 11 is 0. The Labute approximate surface area is 177 Å². The first-order chi connectivity index (χ1) is 14.7. The number of rotatable bonds is 9. The molecule has 0 saturated carbocycles. The number of carbonyl (C=O) groups excluding carboxylic acids is 2. The molecule has 1 amide bonds. The molecular formula is C23H29N3O4. The Morgan fingerprint density at radius 2 is 1.80 bits per heavy atom. The zero-order valence-electron chi connectivity index (χ0n) is 17.4. The SMILES string of the molecule is CCCCOC(=O)COc1ccc(C(=O)NC2CCN(c3ccncc3)CC2)cc1. The summed E-state index contributed by atoms with van der Waals surface area (Å²) in [7, 11) is 0. The number of nitrogens with zero attached hydrogens (tertiary/aromatic N) is 2. The fraction of sp³-hybridized carbons (Fsp3) is 0.435. The van der Waals surface area contributed by atoms with Crippen molar-refractivity contribution in [1.82, 2.24) is 10.3 Å². The highest BCUT2D eigenvalue weighted by Crippen LogP contribution is 2.19. The highest BCUT2D eigenvalue weighted by molar-refractivity contribution is 5.94. The van der Waals surface area contributed by atoms with E-state index >= 15 is 0 Å². The number of esters is 1. The Morgan fingerprint density at radius 3 is 2.47 bits per heavy atom. The molecule has 7 nitrogen and oxygen atoms in total. The Hall–Kier alpha value is -3.09. The van der Waals surface area contributed by atoms with E-state index in [-0.39, 0.29) is 24.5 Å². The summed E-state index contributed by atoms with van der Waals surface area (Å²) in [6.07, 6.45) is 7.21. The number of carbonyl (C=O) groups is 2. The number of pyridine rings is 1. The van der Waals surface area contributed by atoms with E-state index in [9.17, 15) is 9.59 Å². The molecule has 1 saturated heterocycles. The molecule has 1 N–H and O–H groups in total. The second kappa shape index (κ2) is 11.2. The molecule has 0 spiro atoms. The third kappa shape index (κ3) is 6.47. The van der Waals surface area contributed by atoms with Crippen LogP contribution in [0.15, 0.2) is 48.8 Å². The zero-order valence-corrected chi connectivity index (χ0v) is 17.4. The third-order valence-electron chi connectivity index (χ3n) is 5.09. The van der Waals surface area contributed by atoms with Gasteiger partial charge in [-0.3, -0.25) is 9.78 Å². The van der Waals surface area contributed by atoms with E-state index in [2.05, 4.69) is 15.2 Å². The number of ether oxygens (including phenoxy) is 2. The van der Waals surface area contributed by atoms with E-state index in [1.54, 1.807) is 36.7 Å². The largest absolute Gasteiger partial charge is 0.482 e. The Balaban J connectivity index is 1.41. The maximum Gasteiger partial charge on any atom is 0.344 e. The van der Waals surface area contributed by atoms with E-state index in [4.69, 9.17) is 9.47 Å². The molecule has 30 heavy (non-hydrogen) atoms. The molecule has 0 aliphatic carbocycles. The van der Waals surface area contributed by atoms with Gasteiger partial charge in [0, 0.05) is 42.8 Å². The van der Waals surface area contributed by atoms with Crippen LogP contribution in [-0.2, 0) is 9.53 Å². The Kier molecular flexibility index (Phi) is 8.06. The molecule has 0 bridgehead atoms. The van der Waals surface area contributed by atoms with Crippen LogP contribution in [0.2, 0.25) is 0 Å². The minimum Gasteiger partial charge on any atom is -0.482 e. The van der Waals surface area contributed by atoms with Gasteiger partial charge < -0.3 is 19.7 Å². The van der Waals surface area contributed by atoms with Crippen LogP contribution in [0.5, 0.6) is 5.75 Å². The second-order valence-corrected chi connectivity index (χ2v) is 7.33. The lowest BCUT2D eigenvalue weighted by molar-refractivity contribution is -0.146. The van der Waals surface area contributed by atoms with E-state index in [1.165, 1.54) is 5.69 Å². The van der Waals surface area contributed by atoms with Crippen molar-refractivity contribution in [1.29, 1.82) is 0 Å². The summed E-state index contributed by atoms with van der Waals surface area (Å²) in [6, 6.07) is 11.0. The van der Waals surface area contributed by atoms with Gasteiger partial charge in [-0.1, -0.05) is 13.3 Å². The molecular weight excluding hydrogens is 382 g/mol. The topological polar surface area (TPSA) is 80.8 Å². The van der Waals surface area contributed by atoms with Crippen LogP contribution in [-0.4, -0.2) is 49.2 Å². The number of nitrogens with one attached hydrogen (secondary N) is 1. The van der Waals surface area contributed by atoms with Crippen LogP contribution < -0.4 is 15.0 Å². The van der Waals surface area contributed by atoms with Crippen LogP contribution >= 0.6 is 0 Å². The molecule has 7 heteroatoms. The number of unbranched alkanes of at least 4 members (excludes halogenated alkanes) is 1. The standard InChI is InChI=1S/C23H29N3O4/c1-2-3-16-29-22(27)17-30-21-6-4-18(5-7-21)23(28)25-19-10-14-26(15-11-19)20-8-12-24-13-9-20/h4-9,12-13,19H,2-3,10-11,14-17H2,1H3,(H,25,28). The number of piperidine rings is 1. The molecule has 1 aliphatic heterocycles. The summed E-state index contributed by atoms with van der Waals surface area (Å²) in [4.78, 5) is 30.5. The lowest BCUT2D eigenvalue weighted by atomic mass is 10.0. The molecule has 0 unspecified atom stereocenters. The van der Waals surface area contributed by atoms with Gasteiger partial charge in [0.05, 0.1) is 6.61 Å². The average Bonchev–Trinajstić information content (AvgIpc) is 2.79. The molecule has 1 aromatic carbocycles. The summed E-state index contributed by atoms with van der Waals surface area (Å²) in [5.74, 6) is 0.0518. The van der Waals surface area contributed by atoms with Gasteiger partial charge in [-0.05, 0) is 55.7 Å². The molecule has 3 rings (SSSR count). The normalized spacial score (nSPS) is 14.2. The highest BCUT2D eigenvalue weighted by Gasteiger charge is 2.21. The quantitative estimate of drug-likeness (QED) is 0.504. The van der Waals surface area contributed by atoms with Gasteiger partial charge >= 0.3 is 5.97 Å². The Morgan fingerprint density at radius 1 is 1.10 bits per heavy atom. The maximum atomic E-state index is 12.5. The van der Waals surface area contributed by atoms with Crippen LogP contribution in [0.25, 0.3) is 0 Å². The van der Waals surface area contributed by atoms with Crippen molar-refractivity contribution in [2.45, 2.75) is 38.6 Å². The van der Waals surface area contributed by atoms with Crippen LogP contribution in [0.4, 0.5) is 5.69 Å². The summed E-state index contributed by atoms with van der Waals surface area (Å²) in [5.41, 5.74) is 1.74.